The van der Waals surface area contributed by atoms with Gasteiger partial charge in [0.05, 0.1) is 11.0 Å². The summed E-state index contributed by atoms with van der Waals surface area (Å²) in [6.07, 6.45) is -2.90. The van der Waals surface area contributed by atoms with E-state index in [9.17, 15) is 13.2 Å². The van der Waals surface area contributed by atoms with Crippen molar-refractivity contribution in [3.8, 4) is 11.1 Å². The van der Waals surface area contributed by atoms with Crippen LogP contribution >= 0.6 is 0 Å². The first-order chi connectivity index (χ1) is 11.0. The second-order valence-corrected chi connectivity index (χ2v) is 5.21. The number of aromatic amines is 1. The van der Waals surface area contributed by atoms with E-state index in [1.165, 1.54) is 0 Å². The maximum Gasteiger partial charge on any atom is 0.433 e. The molecule has 0 saturated heterocycles. The molecule has 2 heterocycles. The highest BCUT2D eigenvalue weighted by molar-refractivity contribution is 5.98. The van der Waals surface area contributed by atoms with Gasteiger partial charge in [0.25, 0.3) is 0 Å². The van der Waals surface area contributed by atoms with Crippen LogP contribution < -0.4 is 0 Å². The minimum absolute atomic E-state index is 0.0667. The van der Waals surface area contributed by atoms with Gasteiger partial charge in [-0.1, -0.05) is 30.3 Å². The minimum Gasteiger partial charge on any atom is -0.272 e. The number of nitrogens with zero attached hydrogens (tertiary/aromatic N) is 2. The fourth-order valence-corrected chi connectivity index (χ4v) is 2.73. The highest BCUT2D eigenvalue weighted by Crippen LogP contribution is 2.38. The first-order valence-corrected chi connectivity index (χ1v) is 6.93. The summed E-state index contributed by atoms with van der Waals surface area (Å²) in [4.78, 5) is 4.33. The van der Waals surface area contributed by atoms with Crippen molar-refractivity contribution in [2.45, 2.75) is 6.18 Å². The zero-order chi connectivity index (χ0) is 16.0. The summed E-state index contributed by atoms with van der Waals surface area (Å²) in [7, 11) is 0. The number of nitrogens with one attached hydrogen (secondary N) is 1. The van der Waals surface area contributed by atoms with E-state index in [2.05, 4.69) is 15.2 Å². The summed E-state index contributed by atoms with van der Waals surface area (Å²) >= 11 is 0. The van der Waals surface area contributed by atoms with Gasteiger partial charge in [0, 0.05) is 22.5 Å². The van der Waals surface area contributed by atoms with Crippen molar-refractivity contribution in [2.24, 2.45) is 0 Å². The van der Waals surface area contributed by atoms with Gasteiger partial charge in [-0.05, 0) is 23.8 Å². The predicted octanol–water partition coefficient (Wildman–Crippen LogP) is 4.80. The average Bonchev–Trinajstić information content (AvgIpc) is 2.98. The number of hydrogen-bond acceptors (Lipinski definition) is 2. The highest BCUT2D eigenvalue weighted by atomic mass is 19.4. The molecule has 23 heavy (non-hydrogen) atoms. The average molecular weight is 313 g/mol. The fourth-order valence-electron chi connectivity index (χ4n) is 2.73. The molecule has 0 atom stereocenters. The molecule has 2 aromatic heterocycles. The van der Waals surface area contributed by atoms with Crippen LogP contribution in [-0.4, -0.2) is 15.2 Å². The number of pyridine rings is 1. The first-order valence-electron chi connectivity index (χ1n) is 6.93. The Kier molecular flexibility index (Phi) is 2.87. The van der Waals surface area contributed by atoms with Gasteiger partial charge < -0.3 is 0 Å². The lowest BCUT2D eigenvalue weighted by atomic mass is 10.00. The molecule has 0 aliphatic carbocycles. The Morgan fingerprint density at radius 1 is 0.913 bits per heavy atom. The Bertz CT molecular complexity index is 1020. The standard InChI is InChI=1S/C17H10F3N3/c18-17(19,20)16-15-12(5-3-7-14(15)22-23-16)11-8-10-4-1-2-6-13(10)21-9-11/h1-9H,(H,22,23). The molecular weight excluding hydrogens is 303 g/mol. The molecule has 1 N–H and O–H groups in total. The third kappa shape index (κ3) is 2.23. The summed E-state index contributed by atoms with van der Waals surface area (Å²) in [5, 5.41) is 6.81. The molecular formula is C17H10F3N3. The van der Waals surface area contributed by atoms with Crippen LogP contribution in [-0.2, 0) is 6.18 Å². The van der Waals surface area contributed by atoms with Gasteiger partial charge in [-0.25, -0.2) is 0 Å². The molecule has 0 fully saturated rings. The molecule has 0 spiro atoms. The topological polar surface area (TPSA) is 41.6 Å². The third-order valence-corrected chi connectivity index (χ3v) is 3.77. The maximum atomic E-state index is 13.2. The van der Waals surface area contributed by atoms with Gasteiger partial charge in [0.2, 0.25) is 0 Å². The van der Waals surface area contributed by atoms with Crippen LogP contribution in [0.1, 0.15) is 5.69 Å². The number of H-pyrrole nitrogens is 1. The summed E-state index contributed by atoms with van der Waals surface area (Å²) in [5.41, 5.74) is 1.33. The van der Waals surface area contributed by atoms with Crippen LogP contribution in [0.4, 0.5) is 13.2 Å². The van der Waals surface area contributed by atoms with E-state index in [1.807, 2.05) is 30.3 Å². The zero-order valence-corrected chi connectivity index (χ0v) is 11.7. The fraction of sp³-hybridized carbons (Fsp3) is 0.0588. The molecule has 0 aliphatic heterocycles. The van der Waals surface area contributed by atoms with Gasteiger partial charge in [0.1, 0.15) is 5.69 Å². The Morgan fingerprint density at radius 2 is 1.70 bits per heavy atom. The second kappa shape index (κ2) is 4.81. The molecule has 0 unspecified atom stereocenters. The van der Waals surface area contributed by atoms with Gasteiger partial charge in [0.15, 0.2) is 0 Å². The monoisotopic (exact) mass is 313 g/mol. The molecule has 4 aromatic rings. The van der Waals surface area contributed by atoms with Crippen molar-refractivity contribution < 1.29 is 13.2 Å². The maximum absolute atomic E-state index is 13.2. The molecule has 6 heteroatoms. The number of para-hydroxylation sites is 1. The number of rotatable bonds is 1. The van der Waals surface area contributed by atoms with E-state index in [-0.39, 0.29) is 10.9 Å². The summed E-state index contributed by atoms with van der Waals surface area (Å²) < 4.78 is 39.6. The molecule has 114 valence electrons. The zero-order valence-electron chi connectivity index (χ0n) is 11.7. The van der Waals surface area contributed by atoms with Crippen molar-refractivity contribution in [3.63, 3.8) is 0 Å². The van der Waals surface area contributed by atoms with Gasteiger partial charge in [-0.3, -0.25) is 10.1 Å². The molecule has 0 radical (unpaired) electrons. The largest absolute Gasteiger partial charge is 0.433 e. The third-order valence-electron chi connectivity index (χ3n) is 3.77. The highest BCUT2D eigenvalue weighted by Gasteiger charge is 2.36. The van der Waals surface area contributed by atoms with Crippen LogP contribution in [0.25, 0.3) is 32.9 Å². The van der Waals surface area contributed by atoms with E-state index >= 15 is 0 Å². The molecule has 3 nitrogen and oxygen atoms in total. The number of hydrogen-bond donors (Lipinski definition) is 1. The van der Waals surface area contributed by atoms with Crippen LogP contribution in [0.3, 0.4) is 0 Å². The van der Waals surface area contributed by atoms with E-state index in [0.29, 0.717) is 11.1 Å². The minimum atomic E-state index is -4.49. The van der Waals surface area contributed by atoms with E-state index < -0.39 is 11.9 Å². The molecule has 0 aliphatic rings. The number of benzene rings is 2. The molecule has 4 rings (SSSR count). The Balaban J connectivity index is 2.02. The van der Waals surface area contributed by atoms with Crippen molar-refractivity contribution in [3.05, 3.63) is 60.4 Å². The smallest absolute Gasteiger partial charge is 0.272 e. The molecule has 0 bridgehead atoms. The Labute approximate surface area is 128 Å². The summed E-state index contributed by atoms with van der Waals surface area (Å²) in [5.74, 6) is 0. The van der Waals surface area contributed by atoms with Crippen molar-refractivity contribution >= 4 is 21.8 Å². The van der Waals surface area contributed by atoms with Crippen molar-refractivity contribution in [2.75, 3.05) is 0 Å². The number of aromatic nitrogens is 3. The number of halogens is 3. The van der Waals surface area contributed by atoms with E-state index in [4.69, 9.17) is 0 Å². The molecule has 0 saturated carbocycles. The molecule has 0 amide bonds. The lowest BCUT2D eigenvalue weighted by Gasteiger charge is -2.08. The second-order valence-electron chi connectivity index (χ2n) is 5.21. The lowest BCUT2D eigenvalue weighted by molar-refractivity contribution is -0.139. The number of alkyl halides is 3. The van der Waals surface area contributed by atoms with Crippen molar-refractivity contribution in [1.29, 1.82) is 0 Å². The first kappa shape index (κ1) is 13.8. The van der Waals surface area contributed by atoms with Gasteiger partial charge >= 0.3 is 6.18 Å². The molecule has 2 aromatic carbocycles. The van der Waals surface area contributed by atoms with Crippen molar-refractivity contribution in [1.82, 2.24) is 15.2 Å². The predicted molar refractivity (Wildman–Crippen MR) is 81.8 cm³/mol. The Hall–Kier alpha value is -2.89. The summed E-state index contributed by atoms with van der Waals surface area (Å²) in [6, 6.07) is 14.2. The lowest BCUT2D eigenvalue weighted by Crippen LogP contribution is -2.06. The van der Waals surface area contributed by atoms with E-state index in [1.54, 1.807) is 24.4 Å². The van der Waals surface area contributed by atoms with Gasteiger partial charge in [-0.15, -0.1) is 0 Å². The van der Waals surface area contributed by atoms with E-state index in [0.717, 1.165) is 10.9 Å². The quantitative estimate of drug-likeness (QED) is 0.548. The summed E-state index contributed by atoms with van der Waals surface area (Å²) in [6.45, 7) is 0. The van der Waals surface area contributed by atoms with Crippen LogP contribution in [0.15, 0.2) is 54.7 Å². The number of fused-ring (bicyclic) bond motifs is 2. The normalized spacial score (nSPS) is 12.1. The van der Waals surface area contributed by atoms with Crippen LogP contribution in [0.2, 0.25) is 0 Å². The van der Waals surface area contributed by atoms with Gasteiger partial charge in [-0.2, -0.15) is 18.3 Å². The van der Waals surface area contributed by atoms with Crippen LogP contribution in [0, 0.1) is 0 Å². The Morgan fingerprint density at radius 3 is 2.52 bits per heavy atom. The van der Waals surface area contributed by atoms with Crippen LogP contribution in [0.5, 0.6) is 0 Å². The SMILES string of the molecule is FC(F)(F)c1[nH]nc2cccc(-c3cnc4ccccc4c3)c12.